The van der Waals surface area contributed by atoms with E-state index in [1.54, 1.807) is 7.11 Å². The van der Waals surface area contributed by atoms with E-state index in [0.717, 1.165) is 35.7 Å². The van der Waals surface area contributed by atoms with Crippen LogP contribution in [-0.4, -0.2) is 20.3 Å². The summed E-state index contributed by atoms with van der Waals surface area (Å²) in [6, 6.07) is 5.96. The van der Waals surface area contributed by atoms with Crippen LogP contribution in [0.1, 0.15) is 26.3 Å². The standard InChI is InChI=1S/C16H25NO2/c1-12(2)9-17-10-14-7-6-8-15(18-5)16(14)19-11-13(3)4/h6-8,12,17H,3,9-11H2,1-2,4-5H3. The maximum absolute atomic E-state index is 5.81. The lowest BCUT2D eigenvalue weighted by molar-refractivity contribution is 0.315. The predicted octanol–water partition coefficient (Wildman–Crippen LogP) is 3.40. The van der Waals surface area contributed by atoms with Crippen LogP contribution in [0.4, 0.5) is 0 Å². The van der Waals surface area contributed by atoms with Gasteiger partial charge in [0.15, 0.2) is 11.5 Å². The van der Waals surface area contributed by atoms with Gasteiger partial charge in [0.25, 0.3) is 0 Å². The number of hydrogen-bond donors (Lipinski definition) is 1. The third-order valence-electron chi connectivity index (χ3n) is 2.61. The number of nitrogens with one attached hydrogen (secondary N) is 1. The summed E-state index contributed by atoms with van der Waals surface area (Å²) in [6.07, 6.45) is 0. The number of ether oxygens (including phenoxy) is 2. The largest absolute Gasteiger partial charge is 0.493 e. The average molecular weight is 263 g/mol. The van der Waals surface area contributed by atoms with Gasteiger partial charge in [-0.15, -0.1) is 0 Å². The Labute approximate surface area is 116 Å². The van der Waals surface area contributed by atoms with Gasteiger partial charge in [-0.2, -0.15) is 0 Å². The van der Waals surface area contributed by atoms with Crippen LogP contribution in [-0.2, 0) is 6.54 Å². The second-order valence-corrected chi connectivity index (χ2v) is 5.22. The Morgan fingerprint density at radius 2 is 2.11 bits per heavy atom. The Morgan fingerprint density at radius 1 is 1.37 bits per heavy atom. The quantitative estimate of drug-likeness (QED) is 0.729. The summed E-state index contributed by atoms with van der Waals surface area (Å²) in [5.74, 6) is 2.21. The second-order valence-electron chi connectivity index (χ2n) is 5.22. The first-order valence-electron chi connectivity index (χ1n) is 6.68. The summed E-state index contributed by atoms with van der Waals surface area (Å²) < 4.78 is 11.2. The van der Waals surface area contributed by atoms with Gasteiger partial charge in [0.1, 0.15) is 6.61 Å². The van der Waals surface area contributed by atoms with E-state index < -0.39 is 0 Å². The molecular weight excluding hydrogens is 238 g/mol. The molecule has 3 nitrogen and oxygen atoms in total. The molecule has 1 rings (SSSR count). The van der Waals surface area contributed by atoms with Crippen LogP contribution in [0, 0.1) is 5.92 Å². The molecule has 0 spiro atoms. The van der Waals surface area contributed by atoms with Gasteiger partial charge in [-0.1, -0.05) is 32.6 Å². The van der Waals surface area contributed by atoms with Gasteiger partial charge in [0, 0.05) is 12.1 Å². The molecule has 0 saturated carbocycles. The van der Waals surface area contributed by atoms with Crippen LogP contribution in [0.25, 0.3) is 0 Å². The SMILES string of the molecule is C=C(C)COc1c(CNCC(C)C)cccc1OC. The van der Waals surface area contributed by atoms with E-state index in [0.29, 0.717) is 12.5 Å². The van der Waals surface area contributed by atoms with Gasteiger partial charge in [0.05, 0.1) is 7.11 Å². The minimum absolute atomic E-state index is 0.511. The number of methoxy groups -OCH3 is 1. The molecule has 1 aromatic rings. The summed E-state index contributed by atoms with van der Waals surface area (Å²) in [6.45, 7) is 12.5. The third kappa shape index (κ3) is 5.35. The lowest BCUT2D eigenvalue weighted by Crippen LogP contribution is -2.19. The monoisotopic (exact) mass is 263 g/mol. The molecule has 0 aliphatic heterocycles. The zero-order valence-electron chi connectivity index (χ0n) is 12.5. The van der Waals surface area contributed by atoms with Crippen LogP contribution in [0.15, 0.2) is 30.4 Å². The fourth-order valence-electron chi connectivity index (χ4n) is 1.72. The molecule has 19 heavy (non-hydrogen) atoms. The van der Waals surface area contributed by atoms with Crippen LogP contribution in [0.5, 0.6) is 11.5 Å². The summed E-state index contributed by atoms with van der Waals surface area (Å²) in [5.41, 5.74) is 2.10. The van der Waals surface area contributed by atoms with Crippen LogP contribution < -0.4 is 14.8 Å². The molecule has 0 aliphatic carbocycles. The Morgan fingerprint density at radius 3 is 2.68 bits per heavy atom. The van der Waals surface area contributed by atoms with Crippen molar-refractivity contribution in [1.29, 1.82) is 0 Å². The van der Waals surface area contributed by atoms with E-state index in [9.17, 15) is 0 Å². The predicted molar refractivity (Wildman–Crippen MR) is 79.8 cm³/mol. The van der Waals surface area contributed by atoms with Crippen molar-refractivity contribution in [2.24, 2.45) is 5.92 Å². The Kier molecular flexibility index (Phi) is 6.43. The maximum atomic E-state index is 5.81. The van der Waals surface area contributed by atoms with Crippen molar-refractivity contribution in [3.8, 4) is 11.5 Å². The molecule has 0 radical (unpaired) electrons. The van der Waals surface area contributed by atoms with Gasteiger partial charge in [-0.25, -0.2) is 0 Å². The molecule has 0 unspecified atom stereocenters. The molecule has 0 fully saturated rings. The first-order chi connectivity index (χ1) is 9.04. The van der Waals surface area contributed by atoms with Crippen LogP contribution in [0.3, 0.4) is 0 Å². The number of hydrogen-bond acceptors (Lipinski definition) is 3. The molecule has 1 N–H and O–H groups in total. The number of benzene rings is 1. The second kappa shape index (κ2) is 7.85. The minimum atomic E-state index is 0.511. The zero-order chi connectivity index (χ0) is 14.3. The smallest absolute Gasteiger partial charge is 0.166 e. The lowest BCUT2D eigenvalue weighted by Gasteiger charge is -2.16. The molecule has 0 aliphatic rings. The van der Waals surface area contributed by atoms with E-state index in [1.807, 2.05) is 19.1 Å². The maximum Gasteiger partial charge on any atom is 0.166 e. The van der Waals surface area contributed by atoms with Gasteiger partial charge in [0.2, 0.25) is 0 Å². The highest BCUT2D eigenvalue weighted by Crippen LogP contribution is 2.31. The number of para-hydroxylation sites is 1. The highest BCUT2D eigenvalue weighted by molar-refractivity contribution is 5.46. The topological polar surface area (TPSA) is 30.5 Å². The lowest BCUT2D eigenvalue weighted by atomic mass is 10.1. The highest BCUT2D eigenvalue weighted by atomic mass is 16.5. The first kappa shape index (κ1) is 15.6. The molecule has 0 saturated heterocycles. The average Bonchev–Trinajstić information content (AvgIpc) is 2.36. The molecule has 0 heterocycles. The normalized spacial score (nSPS) is 10.6. The molecule has 0 bridgehead atoms. The van der Waals surface area contributed by atoms with Crippen molar-refractivity contribution < 1.29 is 9.47 Å². The van der Waals surface area contributed by atoms with E-state index in [-0.39, 0.29) is 0 Å². The Bertz CT molecular complexity index is 413. The molecule has 1 aromatic carbocycles. The van der Waals surface area contributed by atoms with Crippen molar-refractivity contribution in [3.63, 3.8) is 0 Å². The third-order valence-corrected chi connectivity index (χ3v) is 2.61. The van der Waals surface area contributed by atoms with E-state index in [2.05, 4.69) is 31.8 Å². The molecule has 0 aromatic heterocycles. The van der Waals surface area contributed by atoms with Gasteiger partial charge in [-0.05, 0) is 31.0 Å². The molecule has 0 atom stereocenters. The van der Waals surface area contributed by atoms with E-state index >= 15 is 0 Å². The molecule has 0 amide bonds. The van der Waals surface area contributed by atoms with Crippen molar-refractivity contribution in [2.75, 3.05) is 20.3 Å². The summed E-state index contributed by atoms with van der Waals surface area (Å²) in [5, 5.41) is 3.42. The Balaban J connectivity index is 2.79. The van der Waals surface area contributed by atoms with Gasteiger partial charge < -0.3 is 14.8 Å². The summed E-state index contributed by atoms with van der Waals surface area (Å²) in [7, 11) is 1.66. The van der Waals surface area contributed by atoms with Crippen molar-refractivity contribution in [3.05, 3.63) is 35.9 Å². The molecular formula is C16H25NO2. The fourth-order valence-corrected chi connectivity index (χ4v) is 1.72. The molecule has 106 valence electrons. The van der Waals surface area contributed by atoms with Crippen molar-refractivity contribution in [2.45, 2.75) is 27.3 Å². The van der Waals surface area contributed by atoms with Crippen LogP contribution in [0.2, 0.25) is 0 Å². The van der Waals surface area contributed by atoms with E-state index in [1.165, 1.54) is 0 Å². The summed E-state index contributed by atoms with van der Waals surface area (Å²) in [4.78, 5) is 0. The van der Waals surface area contributed by atoms with Crippen molar-refractivity contribution in [1.82, 2.24) is 5.32 Å². The van der Waals surface area contributed by atoms with Crippen molar-refractivity contribution >= 4 is 0 Å². The Hall–Kier alpha value is -1.48. The van der Waals surface area contributed by atoms with E-state index in [4.69, 9.17) is 9.47 Å². The first-order valence-corrected chi connectivity index (χ1v) is 6.68. The zero-order valence-corrected chi connectivity index (χ0v) is 12.5. The minimum Gasteiger partial charge on any atom is -0.493 e. The summed E-state index contributed by atoms with van der Waals surface area (Å²) >= 11 is 0. The highest BCUT2D eigenvalue weighted by Gasteiger charge is 2.10. The van der Waals surface area contributed by atoms with Gasteiger partial charge >= 0.3 is 0 Å². The molecule has 3 heteroatoms. The van der Waals surface area contributed by atoms with Gasteiger partial charge in [-0.3, -0.25) is 0 Å². The fraction of sp³-hybridized carbons (Fsp3) is 0.500. The number of rotatable bonds is 8. The van der Waals surface area contributed by atoms with Crippen LogP contribution >= 0.6 is 0 Å².